The lowest BCUT2D eigenvalue weighted by Crippen LogP contribution is -2.58. The molecule has 0 bridgehead atoms. The molecule has 3 aromatic rings. The molecule has 4 heterocycles. The number of hydrazone groups is 1. The van der Waals surface area contributed by atoms with E-state index < -0.39 is 35.6 Å². The lowest BCUT2D eigenvalue weighted by atomic mass is 10.0. The molecule has 2 aliphatic rings. The predicted octanol–water partition coefficient (Wildman–Crippen LogP) is 3.40. The van der Waals surface area contributed by atoms with Crippen LogP contribution in [0.4, 0.5) is 23.8 Å². The smallest absolute Gasteiger partial charge is 0.341 e. The number of rotatable bonds is 4. The van der Waals surface area contributed by atoms with E-state index >= 15 is 0 Å². The standard InChI is InChI=1S/C22H20F3N7O2/c1-11-20(21(26)30-29-11)17-7-19(16(25)8-27-17)34-15-9-31(10-15)22(33)32-18(2-3-28-32)12-4-13(23)6-14(24)5-12/h3-8,15,18H,2,9-10H2,1H3,(H3,26,29,30). The predicted molar refractivity (Wildman–Crippen MR) is 116 cm³/mol. The fourth-order valence-corrected chi connectivity index (χ4v) is 4.06. The number of urea groups is 1. The SMILES string of the molecule is Cc1n[nH]c(N)c1-c1cc(OC2CN(C(=O)N3N=CCC3c3cc(F)cc(F)c3)C2)c(F)cn1. The molecule has 2 aromatic heterocycles. The van der Waals surface area contributed by atoms with Crippen LogP contribution >= 0.6 is 0 Å². The summed E-state index contributed by atoms with van der Waals surface area (Å²) >= 11 is 0. The van der Waals surface area contributed by atoms with Gasteiger partial charge in [0, 0.05) is 24.8 Å². The molecule has 34 heavy (non-hydrogen) atoms. The Bertz CT molecular complexity index is 1250. The van der Waals surface area contributed by atoms with Crippen LogP contribution in [0.1, 0.15) is 23.7 Å². The Hall–Kier alpha value is -4.09. The van der Waals surface area contributed by atoms with Crippen molar-refractivity contribution < 1.29 is 22.7 Å². The number of hydrogen-bond donors (Lipinski definition) is 2. The number of benzene rings is 1. The number of carbonyl (C=O) groups is 1. The third kappa shape index (κ3) is 3.91. The number of ether oxygens (including phenoxy) is 1. The zero-order chi connectivity index (χ0) is 24.0. The van der Waals surface area contributed by atoms with Crippen LogP contribution in [-0.4, -0.2) is 56.5 Å². The fraction of sp³-hybridized carbons (Fsp3) is 0.273. The molecule has 3 N–H and O–H groups in total. The number of anilines is 1. The number of amides is 2. The van der Waals surface area contributed by atoms with E-state index in [0.717, 1.165) is 12.3 Å². The Morgan fingerprint density at radius 1 is 1.18 bits per heavy atom. The van der Waals surface area contributed by atoms with Crippen molar-refractivity contribution >= 4 is 18.1 Å². The second kappa shape index (κ2) is 8.36. The molecule has 2 amide bonds. The number of halogens is 3. The molecular weight excluding hydrogens is 451 g/mol. The van der Waals surface area contributed by atoms with E-state index in [2.05, 4.69) is 20.3 Å². The summed E-state index contributed by atoms with van der Waals surface area (Å²) in [5.74, 6) is -1.81. The number of aromatic amines is 1. The van der Waals surface area contributed by atoms with E-state index in [1.54, 1.807) is 6.92 Å². The van der Waals surface area contributed by atoms with E-state index in [4.69, 9.17) is 10.5 Å². The van der Waals surface area contributed by atoms with Crippen molar-refractivity contribution in [3.8, 4) is 17.0 Å². The van der Waals surface area contributed by atoms with Crippen LogP contribution < -0.4 is 10.5 Å². The van der Waals surface area contributed by atoms with Crippen molar-refractivity contribution in [1.82, 2.24) is 25.1 Å². The average molecular weight is 471 g/mol. The molecule has 12 heteroatoms. The van der Waals surface area contributed by atoms with E-state index in [9.17, 15) is 18.0 Å². The number of nitrogens with zero attached hydrogens (tertiary/aromatic N) is 5. The van der Waals surface area contributed by atoms with Gasteiger partial charge in [-0.15, -0.1) is 0 Å². The van der Waals surface area contributed by atoms with Gasteiger partial charge in [-0.3, -0.25) is 10.1 Å². The summed E-state index contributed by atoms with van der Waals surface area (Å²) < 4.78 is 47.4. The highest BCUT2D eigenvalue weighted by molar-refractivity contribution is 5.79. The van der Waals surface area contributed by atoms with Crippen molar-refractivity contribution in [3.05, 3.63) is 59.2 Å². The van der Waals surface area contributed by atoms with Crippen molar-refractivity contribution in [1.29, 1.82) is 0 Å². The maximum Gasteiger partial charge on any atom is 0.341 e. The lowest BCUT2D eigenvalue weighted by molar-refractivity contribution is 0.0256. The van der Waals surface area contributed by atoms with Crippen molar-refractivity contribution in [3.63, 3.8) is 0 Å². The van der Waals surface area contributed by atoms with Gasteiger partial charge in [0.25, 0.3) is 0 Å². The average Bonchev–Trinajstić information content (AvgIpc) is 3.37. The number of hydrogen-bond acceptors (Lipinski definition) is 6. The topological polar surface area (TPSA) is 113 Å². The molecule has 0 radical (unpaired) electrons. The molecule has 1 aromatic carbocycles. The van der Waals surface area contributed by atoms with E-state index in [0.29, 0.717) is 34.8 Å². The maximum atomic E-state index is 14.3. The van der Waals surface area contributed by atoms with Crippen molar-refractivity contribution in [2.45, 2.75) is 25.5 Å². The minimum atomic E-state index is -0.724. The van der Waals surface area contributed by atoms with Crippen molar-refractivity contribution in [2.75, 3.05) is 18.8 Å². The van der Waals surface area contributed by atoms with Crippen LogP contribution in [0.25, 0.3) is 11.3 Å². The van der Waals surface area contributed by atoms with Crippen LogP contribution in [-0.2, 0) is 0 Å². The minimum Gasteiger partial charge on any atom is -0.483 e. The van der Waals surface area contributed by atoms with Gasteiger partial charge in [-0.2, -0.15) is 10.2 Å². The molecule has 1 atom stereocenters. The first kappa shape index (κ1) is 21.7. The quantitative estimate of drug-likeness (QED) is 0.606. The molecule has 1 fully saturated rings. The van der Waals surface area contributed by atoms with Gasteiger partial charge >= 0.3 is 6.03 Å². The van der Waals surface area contributed by atoms with E-state index in [1.807, 2.05) is 0 Å². The van der Waals surface area contributed by atoms with Gasteiger partial charge < -0.3 is 15.4 Å². The van der Waals surface area contributed by atoms with Crippen LogP contribution in [0.3, 0.4) is 0 Å². The summed E-state index contributed by atoms with van der Waals surface area (Å²) in [7, 11) is 0. The van der Waals surface area contributed by atoms with Gasteiger partial charge in [0.15, 0.2) is 11.6 Å². The van der Waals surface area contributed by atoms with Gasteiger partial charge in [-0.05, 0) is 24.6 Å². The third-order valence-electron chi connectivity index (χ3n) is 5.76. The third-order valence-corrected chi connectivity index (χ3v) is 5.76. The molecule has 0 aliphatic carbocycles. The molecule has 0 saturated carbocycles. The van der Waals surface area contributed by atoms with Gasteiger partial charge in [-0.1, -0.05) is 0 Å². The normalized spacial score (nSPS) is 17.8. The van der Waals surface area contributed by atoms with Gasteiger partial charge in [0.05, 0.1) is 42.3 Å². The molecule has 0 spiro atoms. The molecular formula is C22H20F3N7O2. The summed E-state index contributed by atoms with van der Waals surface area (Å²) in [6.45, 7) is 2.13. The summed E-state index contributed by atoms with van der Waals surface area (Å²) in [4.78, 5) is 18.4. The molecule has 176 valence electrons. The molecule has 1 unspecified atom stereocenters. The minimum absolute atomic E-state index is 0.0191. The Morgan fingerprint density at radius 2 is 1.91 bits per heavy atom. The van der Waals surface area contributed by atoms with Crippen LogP contribution in [0, 0.1) is 24.4 Å². The maximum absolute atomic E-state index is 14.3. The molecule has 9 nitrogen and oxygen atoms in total. The van der Waals surface area contributed by atoms with Crippen LogP contribution in [0.2, 0.25) is 0 Å². The van der Waals surface area contributed by atoms with Crippen molar-refractivity contribution in [2.24, 2.45) is 5.10 Å². The van der Waals surface area contributed by atoms with Gasteiger partial charge in [-0.25, -0.2) is 23.0 Å². The first-order valence-electron chi connectivity index (χ1n) is 10.5. The highest BCUT2D eigenvalue weighted by Gasteiger charge is 2.39. The van der Waals surface area contributed by atoms with E-state index in [-0.39, 0.29) is 18.8 Å². The Morgan fingerprint density at radius 3 is 2.59 bits per heavy atom. The summed E-state index contributed by atoms with van der Waals surface area (Å²) in [6, 6.07) is 3.54. The number of H-pyrrole nitrogens is 1. The van der Waals surface area contributed by atoms with Gasteiger partial charge in [0.2, 0.25) is 0 Å². The Kier molecular flexibility index (Phi) is 5.34. The number of nitrogens with one attached hydrogen (secondary N) is 1. The number of aryl methyl sites for hydroxylation is 1. The molecule has 5 rings (SSSR count). The lowest BCUT2D eigenvalue weighted by Gasteiger charge is -2.41. The second-order valence-electron chi connectivity index (χ2n) is 8.12. The number of pyridine rings is 1. The Balaban J connectivity index is 1.25. The number of nitrogen functional groups attached to an aromatic ring is 1. The highest BCUT2D eigenvalue weighted by atomic mass is 19.1. The first-order chi connectivity index (χ1) is 16.3. The largest absolute Gasteiger partial charge is 0.483 e. The van der Waals surface area contributed by atoms with Crippen LogP contribution in [0.5, 0.6) is 5.75 Å². The van der Waals surface area contributed by atoms with Crippen LogP contribution in [0.15, 0.2) is 35.6 Å². The number of likely N-dealkylation sites (tertiary alicyclic amines) is 1. The zero-order valence-corrected chi connectivity index (χ0v) is 18.0. The molecule has 2 aliphatic heterocycles. The molecule has 1 saturated heterocycles. The Labute approximate surface area is 192 Å². The van der Waals surface area contributed by atoms with E-state index in [1.165, 1.54) is 34.3 Å². The second-order valence-corrected chi connectivity index (χ2v) is 8.12. The van der Waals surface area contributed by atoms with Gasteiger partial charge in [0.1, 0.15) is 23.6 Å². The zero-order valence-electron chi connectivity index (χ0n) is 18.0. The summed E-state index contributed by atoms with van der Waals surface area (Å²) in [5, 5.41) is 11.9. The monoisotopic (exact) mass is 471 g/mol. The fourth-order valence-electron chi connectivity index (χ4n) is 4.06. The first-order valence-corrected chi connectivity index (χ1v) is 10.5. The summed E-state index contributed by atoms with van der Waals surface area (Å²) in [5.41, 5.74) is 7.78. The number of nitrogens with two attached hydrogens (primary N) is 1. The number of aromatic nitrogens is 3. The highest BCUT2D eigenvalue weighted by Crippen LogP contribution is 2.33. The number of carbonyl (C=O) groups excluding carboxylic acids is 1. The summed E-state index contributed by atoms with van der Waals surface area (Å²) in [6.07, 6.45) is 2.45.